The van der Waals surface area contributed by atoms with Crippen LogP contribution in [-0.4, -0.2) is 10.9 Å². The molecule has 3 nitrogen and oxygen atoms in total. The van der Waals surface area contributed by atoms with E-state index in [1.807, 2.05) is 0 Å². The molecular weight excluding hydrogens is 317 g/mol. The van der Waals surface area contributed by atoms with Crippen molar-refractivity contribution in [2.45, 2.75) is 0 Å². The molecule has 0 aliphatic rings. The first-order valence-corrected chi connectivity index (χ1v) is 7.02. The topological polar surface area (TPSA) is 42.0 Å². The van der Waals surface area contributed by atoms with E-state index in [4.69, 9.17) is 0 Å². The van der Waals surface area contributed by atoms with E-state index in [2.05, 4.69) is 10.3 Å². The number of anilines is 1. The van der Waals surface area contributed by atoms with Crippen LogP contribution < -0.4 is 5.32 Å². The zero-order chi connectivity index (χ0) is 17.1. The van der Waals surface area contributed by atoms with Gasteiger partial charge in [0.05, 0.1) is 0 Å². The number of rotatable bonds is 3. The summed E-state index contributed by atoms with van der Waals surface area (Å²) >= 11 is 0. The fourth-order valence-electron chi connectivity index (χ4n) is 2.15. The summed E-state index contributed by atoms with van der Waals surface area (Å²) in [6.07, 6.45) is 1.47. The third-order valence-electron chi connectivity index (χ3n) is 3.36. The number of nitrogens with one attached hydrogen (secondary N) is 1. The molecule has 1 N–H and O–H groups in total. The summed E-state index contributed by atoms with van der Waals surface area (Å²) < 4.78 is 39.7. The van der Waals surface area contributed by atoms with Crippen LogP contribution in [0.3, 0.4) is 0 Å². The van der Waals surface area contributed by atoms with Crippen molar-refractivity contribution in [1.82, 2.24) is 4.98 Å². The Balaban J connectivity index is 1.79. The molecule has 0 saturated carbocycles. The van der Waals surface area contributed by atoms with Gasteiger partial charge in [-0.2, -0.15) is 0 Å². The molecule has 1 heterocycles. The average molecular weight is 328 g/mol. The summed E-state index contributed by atoms with van der Waals surface area (Å²) in [5.41, 5.74) is 1.14. The van der Waals surface area contributed by atoms with E-state index >= 15 is 0 Å². The summed E-state index contributed by atoms with van der Waals surface area (Å²) in [7, 11) is 0. The molecule has 0 radical (unpaired) electrons. The van der Waals surface area contributed by atoms with Crippen LogP contribution in [0.25, 0.3) is 11.3 Å². The van der Waals surface area contributed by atoms with Crippen molar-refractivity contribution < 1.29 is 18.0 Å². The zero-order valence-corrected chi connectivity index (χ0v) is 12.3. The fraction of sp³-hybridized carbons (Fsp3) is 0. The van der Waals surface area contributed by atoms with Gasteiger partial charge in [0.1, 0.15) is 11.5 Å². The van der Waals surface area contributed by atoms with Crippen molar-refractivity contribution in [3.8, 4) is 11.3 Å². The van der Waals surface area contributed by atoms with E-state index in [0.717, 1.165) is 12.1 Å². The predicted molar refractivity (Wildman–Crippen MR) is 83.9 cm³/mol. The van der Waals surface area contributed by atoms with Crippen molar-refractivity contribution >= 4 is 11.6 Å². The predicted octanol–water partition coefficient (Wildman–Crippen LogP) is 4.42. The summed E-state index contributed by atoms with van der Waals surface area (Å²) in [4.78, 5) is 16.1. The maximum atomic E-state index is 13.7. The van der Waals surface area contributed by atoms with Gasteiger partial charge in [-0.05, 0) is 36.4 Å². The quantitative estimate of drug-likeness (QED) is 0.773. The summed E-state index contributed by atoms with van der Waals surface area (Å²) in [5, 5.41) is 2.46. The Morgan fingerprint density at radius 1 is 0.875 bits per heavy atom. The van der Waals surface area contributed by atoms with Gasteiger partial charge in [-0.15, -0.1) is 0 Å². The highest BCUT2D eigenvalue weighted by Gasteiger charge is 2.10. The number of hydrogen-bond acceptors (Lipinski definition) is 2. The van der Waals surface area contributed by atoms with Crippen LogP contribution >= 0.6 is 0 Å². The van der Waals surface area contributed by atoms with Gasteiger partial charge in [0, 0.05) is 29.1 Å². The van der Waals surface area contributed by atoms with Gasteiger partial charge in [0.25, 0.3) is 5.91 Å². The van der Waals surface area contributed by atoms with Crippen LogP contribution in [0.5, 0.6) is 0 Å². The zero-order valence-electron chi connectivity index (χ0n) is 12.3. The molecule has 24 heavy (non-hydrogen) atoms. The lowest BCUT2D eigenvalue weighted by Crippen LogP contribution is -2.12. The second-order valence-electron chi connectivity index (χ2n) is 4.99. The molecule has 6 heteroatoms. The van der Waals surface area contributed by atoms with Gasteiger partial charge in [-0.25, -0.2) is 13.2 Å². The van der Waals surface area contributed by atoms with Crippen molar-refractivity contribution in [3.63, 3.8) is 0 Å². The average Bonchev–Trinajstić information content (AvgIpc) is 2.59. The number of nitrogens with zero attached hydrogens (tertiary/aromatic N) is 1. The van der Waals surface area contributed by atoms with Gasteiger partial charge in [-0.3, -0.25) is 9.78 Å². The number of aromatic nitrogens is 1. The number of hydrogen-bond donors (Lipinski definition) is 1. The minimum atomic E-state index is -1.05. The van der Waals surface area contributed by atoms with E-state index in [1.165, 1.54) is 36.5 Å². The standard InChI is InChI=1S/C18H11F3N2O/c19-14-8-7-13(10-16(14)21)23-18(24)12-5-3-11(4-6-12)17-15(20)2-1-9-22-17/h1-10H,(H,23,24). The Bertz CT molecular complexity index is 895. The smallest absolute Gasteiger partial charge is 0.255 e. The third kappa shape index (κ3) is 3.27. The van der Waals surface area contributed by atoms with Crippen LogP contribution in [-0.2, 0) is 0 Å². The lowest BCUT2D eigenvalue weighted by Gasteiger charge is -2.07. The molecule has 1 amide bonds. The highest BCUT2D eigenvalue weighted by Crippen LogP contribution is 2.21. The van der Waals surface area contributed by atoms with Crippen LogP contribution in [0.1, 0.15) is 10.4 Å². The molecule has 0 spiro atoms. The number of carbonyl (C=O) groups is 1. The molecule has 0 aliphatic heterocycles. The lowest BCUT2D eigenvalue weighted by molar-refractivity contribution is 0.102. The first kappa shape index (κ1) is 15.7. The third-order valence-corrected chi connectivity index (χ3v) is 3.36. The highest BCUT2D eigenvalue weighted by molar-refractivity contribution is 6.04. The van der Waals surface area contributed by atoms with Crippen LogP contribution in [0, 0.1) is 17.5 Å². The van der Waals surface area contributed by atoms with E-state index in [1.54, 1.807) is 12.1 Å². The second kappa shape index (κ2) is 6.54. The molecule has 3 aromatic rings. The molecule has 1 aromatic heterocycles. The van der Waals surface area contributed by atoms with Crippen LogP contribution in [0.2, 0.25) is 0 Å². The number of benzene rings is 2. The molecular formula is C18H11F3N2O. The van der Waals surface area contributed by atoms with E-state index in [9.17, 15) is 18.0 Å². The molecule has 0 bridgehead atoms. The van der Waals surface area contributed by atoms with Crippen molar-refractivity contribution in [1.29, 1.82) is 0 Å². The Morgan fingerprint density at radius 2 is 1.62 bits per heavy atom. The molecule has 0 unspecified atom stereocenters. The minimum absolute atomic E-state index is 0.138. The molecule has 2 aromatic carbocycles. The van der Waals surface area contributed by atoms with Crippen molar-refractivity contribution in [2.24, 2.45) is 0 Å². The highest BCUT2D eigenvalue weighted by atomic mass is 19.2. The van der Waals surface area contributed by atoms with E-state index in [-0.39, 0.29) is 11.4 Å². The number of amides is 1. The largest absolute Gasteiger partial charge is 0.322 e. The summed E-state index contributed by atoms with van der Waals surface area (Å²) in [6, 6.07) is 12.0. The minimum Gasteiger partial charge on any atom is -0.322 e. The molecule has 0 atom stereocenters. The molecule has 0 aliphatic carbocycles. The van der Waals surface area contributed by atoms with Crippen molar-refractivity contribution in [2.75, 3.05) is 5.32 Å². The summed E-state index contributed by atoms with van der Waals surface area (Å²) in [6.45, 7) is 0. The number of halogens is 3. The SMILES string of the molecule is O=C(Nc1ccc(F)c(F)c1)c1ccc(-c2ncccc2F)cc1. The van der Waals surface area contributed by atoms with Gasteiger partial charge >= 0.3 is 0 Å². The maximum absolute atomic E-state index is 13.7. The Hall–Kier alpha value is -3.15. The van der Waals surface area contributed by atoms with Crippen LogP contribution in [0.15, 0.2) is 60.8 Å². The summed E-state index contributed by atoms with van der Waals surface area (Å²) in [5.74, 6) is -2.99. The Morgan fingerprint density at radius 3 is 2.29 bits per heavy atom. The van der Waals surface area contributed by atoms with Crippen molar-refractivity contribution in [3.05, 3.63) is 83.8 Å². The first-order chi connectivity index (χ1) is 11.5. The first-order valence-electron chi connectivity index (χ1n) is 7.02. The maximum Gasteiger partial charge on any atom is 0.255 e. The van der Waals surface area contributed by atoms with Crippen LogP contribution in [0.4, 0.5) is 18.9 Å². The molecule has 120 valence electrons. The second-order valence-corrected chi connectivity index (χ2v) is 4.99. The molecule has 0 fully saturated rings. The number of pyridine rings is 1. The van der Waals surface area contributed by atoms with Gasteiger partial charge in [-0.1, -0.05) is 12.1 Å². The molecule has 3 rings (SSSR count). The van der Waals surface area contributed by atoms with Gasteiger partial charge in [0.15, 0.2) is 11.6 Å². The monoisotopic (exact) mass is 328 g/mol. The Labute approximate surface area is 135 Å². The fourth-order valence-corrected chi connectivity index (χ4v) is 2.15. The van der Waals surface area contributed by atoms with Gasteiger partial charge < -0.3 is 5.32 Å². The van der Waals surface area contributed by atoms with E-state index < -0.39 is 23.4 Å². The van der Waals surface area contributed by atoms with E-state index in [0.29, 0.717) is 11.1 Å². The lowest BCUT2D eigenvalue weighted by atomic mass is 10.1. The Kier molecular flexibility index (Phi) is 4.29. The normalized spacial score (nSPS) is 10.5. The van der Waals surface area contributed by atoms with Gasteiger partial charge in [0.2, 0.25) is 0 Å². The number of carbonyl (C=O) groups excluding carboxylic acids is 1. The molecule has 0 saturated heterocycles.